The molecule has 10 heteroatoms. The van der Waals surface area contributed by atoms with Crippen LogP contribution in [0.1, 0.15) is 0 Å². The van der Waals surface area contributed by atoms with Gasteiger partial charge in [-0.1, -0.05) is 10.3 Å². The highest BCUT2D eigenvalue weighted by Gasteiger charge is 2.04. The molecule has 1 aromatic heterocycles. The summed E-state index contributed by atoms with van der Waals surface area (Å²) >= 11 is 4.97. The Kier molecular flexibility index (Phi) is 3.50. The third kappa shape index (κ3) is 2.44. The van der Waals surface area contributed by atoms with E-state index in [2.05, 4.69) is 20.7 Å². The summed E-state index contributed by atoms with van der Waals surface area (Å²) in [6.45, 7) is 0. The van der Waals surface area contributed by atoms with Gasteiger partial charge < -0.3 is 5.73 Å². The fourth-order valence-electron chi connectivity index (χ4n) is 1.24. The number of nitrogens with zero attached hydrogens (tertiary/aromatic N) is 5. The van der Waals surface area contributed by atoms with Crippen LogP contribution in [0.15, 0.2) is 29.4 Å². The second-order valence-electron chi connectivity index (χ2n) is 3.10. The van der Waals surface area contributed by atoms with Crippen LogP contribution in [0.25, 0.3) is 5.69 Å². The minimum absolute atomic E-state index is 0.330. The van der Waals surface area contributed by atoms with E-state index in [0.717, 1.165) is 17.2 Å². The van der Waals surface area contributed by atoms with Gasteiger partial charge in [-0.05, 0) is 41.6 Å². The van der Waals surface area contributed by atoms with Gasteiger partial charge in [-0.3, -0.25) is 4.94 Å². The topological polar surface area (TPSA) is 123 Å². The number of nitrogens with two attached hydrogens (primary N) is 2. The molecule has 0 fully saturated rings. The van der Waals surface area contributed by atoms with E-state index in [1.807, 2.05) is 0 Å². The van der Waals surface area contributed by atoms with Gasteiger partial charge >= 0.3 is 0 Å². The second-order valence-corrected chi connectivity index (χ2v) is 3.46. The molecular weight excluding hydrogens is 256 g/mol. The van der Waals surface area contributed by atoms with Crippen molar-refractivity contribution in [2.45, 2.75) is 0 Å². The number of aromatic amines is 1. The molecule has 0 saturated carbocycles. The molecule has 18 heavy (non-hydrogen) atoms. The van der Waals surface area contributed by atoms with E-state index in [1.165, 1.54) is 0 Å². The number of nitrogens with one attached hydrogen (secondary N) is 1. The van der Waals surface area contributed by atoms with Gasteiger partial charge in [-0.2, -0.15) is 5.21 Å². The van der Waals surface area contributed by atoms with Crippen LogP contribution >= 0.6 is 12.2 Å². The lowest BCUT2D eigenvalue weighted by molar-refractivity contribution is 0.118. The van der Waals surface area contributed by atoms with E-state index >= 15 is 0 Å². The van der Waals surface area contributed by atoms with Crippen molar-refractivity contribution in [1.82, 2.24) is 20.2 Å². The number of hydrazine groups is 1. The molecule has 0 aliphatic carbocycles. The largest absolute Gasteiger partial charge is 0.387 e. The summed E-state index contributed by atoms with van der Waals surface area (Å²) in [6, 6.07) is 6.95. The fourth-order valence-corrected chi connectivity index (χ4v) is 1.43. The van der Waals surface area contributed by atoms with Crippen molar-refractivity contribution in [2.24, 2.45) is 16.7 Å². The zero-order valence-electron chi connectivity index (χ0n) is 9.09. The van der Waals surface area contributed by atoms with Crippen LogP contribution in [0.5, 0.6) is 0 Å². The maximum absolute atomic E-state index is 5.56. The first-order chi connectivity index (χ1) is 8.72. The molecule has 5 N–H and O–H groups in total. The fraction of sp³-hybridized carbons (Fsp3) is 0. The van der Waals surface area contributed by atoms with E-state index in [0.29, 0.717) is 10.5 Å². The van der Waals surface area contributed by atoms with Crippen molar-refractivity contribution >= 4 is 24.2 Å². The third-order valence-electron chi connectivity index (χ3n) is 2.03. The molecule has 0 amide bonds. The van der Waals surface area contributed by atoms with Gasteiger partial charge in [0.1, 0.15) is 6.34 Å². The molecule has 9 nitrogen and oxygen atoms in total. The summed E-state index contributed by atoms with van der Waals surface area (Å²) in [5.41, 5.74) is 6.38. The standard InChI is InChI=1S/C8H10N8OS/c9-5-11-17-16(10)7-3-1-6(2-4-7)15-8(18)12-13-14-15/h1-5H,10H2,(H2,9,11)(H,12,14,18). The van der Waals surface area contributed by atoms with Crippen LogP contribution < -0.4 is 16.7 Å². The first-order valence-electron chi connectivity index (χ1n) is 4.78. The molecule has 2 aromatic rings. The molecule has 0 aliphatic rings. The first kappa shape index (κ1) is 12.0. The molecule has 94 valence electrons. The van der Waals surface area contributed by atoms with Crippen LogP contribution in [-0.4, -0.2) is 26.5 Å². The van der Waals surface area contributed by atoms with Crippen molar-refractivity contribution in [3.8, 4) is 5.69 Å². The lowest BCUT2D eigenvalue weighted by atomic mass is 10.3. The monoisotopic (exact) mass is 266 g/mol. The highest BCUT2D eigenvalue weighted by Crippen LogP contribution is 2.15. The summed E-state index contributed by atoms with van der Waals surface area (Å²) in [5, 5.41) is 14.2. The Labute approximate surface area is 107 Å². The average molecular weight is 266 g/mol. The Morgan fingerprint density at radius 2 is 2.17 bits per heavy atom. The Morgan fingerprint density at radius 1 is 1.44 bits per heavy atom. The number of benzene rings is 1. The maximum Gasteiger partial charge on any atom is 0.242 e. The van der Waals surface area contributed by atoms with E-state index in [9.17, 15) is 0 Å². The molecule has 1 aromatic carbocycles. The van der Waals surface area contributed by atoms with E-state index < -0.39 is 0 Å². The Hall–Kier alpha value is -2.46. The lowest BCUT2D eigenvalue weighted by Gasteiger charge is -2.13. The van der Waals surface area contributed by atoms with E-state index in [1.54, 1.807) is 28.9 Å². The van der Waals surface area contributed by atoms with Crippen molar-refractivity contribution in [3.05, 3.63) is 29.0 Å². The normalized spacial score (nSPS) is 10.7. The Bertz CT molecular complexity index is 588. The van der Waals surface area contributed by atoms with Crippen LogP contribution in [0, 0.1) is 4.77 Å². The highest BCUT2D eigenvalue weighted by molar-refractivity contribution is 7.71. The average Bonchev–Trinajstić information content (AvgIpc) is 2.82. The number of tetrazole rings is 1. The van der Waals surface area contributed by atoms with Gasteiger partial charge in [0.25, 0.3) is 0 Å². The molecule has 0 radical (unpaired) electrons. The summed E-state index contributed by atoms with van der Waals surface area (Å²) in [7, 11) is 0. The summed E-state index contributed by atoms with van der Waals surface area (Å²) in [4.78, 5) is 4.73. The summed E-state index contributed by atoms with van der Waals surface area (Å²) in [6.07, 6.45) is 0.990. The quantitative estimate of drug-likeness (QED) is 0.231. The zero-order chi connectivity index (χ0) is 13.0. The van der Waals surface area contributed by atoms with Crippen LogP contribution in [0.4, 0.5) is 5.69 Å². The number of hydrogen-bond donors (Lipinski definition) is 3. The lowest BCUT2D eigenvalue weighted by Crippen LogP contribution is -2.29. The van der Waals surface area contributed by atoms with Crippen molar-refractivity contribution < 1.29 is 4.94 Å². The minimum atomic E-state index is 0.330. The SMILES string of the molecule is N/C=N/ON(N)c1ccc(-n2[nH]nnc2=S)cc1. The molecule has 1 heterocycles. The number of oxime groups is 1. The van der Waals surface area contributed by atoms with Gasteiger partial charge in [0.15, 0.2) is 0 Å². The van der Waals surface area contributed by atoms with Gasteiger partial charge in [-0.15, -0.1) is 5.17 Å². The van der Waals surface area contributed by atoms with Crippen molar-refractivity contribution in [2.75, 3.05) is 5.17 Å². The zero-order valence-corrected chi connectivity index (χ0v) is 9.91. The van der Waals surface area contributed by atoms with Crippen molar-refractivity contribution in [3.63, 3.8) is 0 Å². The number of anilines is 1. The second kappa shape index (κ2) is 5.25. The number of H-pyrrole nitrogens is 1. The molecule has 2 rings (SSSR count). The number of hydrogen-bond acceptors (Lipinski definition) is 7. The number of rotatable bonds is 4. The van der Waals surface area contributed by atoms with Crippen molar-refractivity contribution in [1.29, 1.82) is 0 Å². The van der Waals surface area contributed by atoms with Gasteiger partial charge in [0.2, 0.25) is 4.77 Å². The maximum atomic E-state index is 5.56. The van der Waals surface area contributed by atoms with Gasteiger partial charge in [0, 0.05) is 0 Å². The van der Waals surface area contributed by atoms with Gasteiger partial charge in [0.05, 0.1) is 11.4 Å². The van der Waals surface area contributed by atoms with E-state index in [4.69, 9.17) is 28.7 Å². The number of aromatic nitrogens is 4. The highest BCUT2D eigenvalue weighted by atomic mass is 32.1. The van der Waals surface area contributed by atoms with E-state index in [-0.39, 0.29) is 0 Å². The molecule has 0 bridgehead atoms. The predicted octanol–water partition coefficient (Wildman–Crippen LogP) is -0.161. The molecule has 0 saturated heterocycles. The first-order valence-corrected chi connectivity index (χ1v) is 5.19. The smallest absolute Gasteiger partial charge is 0.242 e. The Morgan fingerprint density at radius 3 is 2.72 bits per heavy atom. The molecular formula is C8H10N8OS. The third-order valence-corrected chi connectivity index (χ3v) is 2.29. The molecule has 0 aliphatic heterocycles. The van der Waals surface area contributed by atoms with Crippen LogP contribution in [0.3, 0.4) is 0 Å². The van der Waals surface area contributed by atoms with Gasteiger partial charge in [-0.25, -0.2) is 10.5 Å². The molecule has 0 atom stereocenters. The molecule has 0 unspecified atom stereocenters. The predicted molar refractivity (Wildman–Crippen MR) is 67.0 cm³/mol. The Balaban J connectivity index is 2.20. The van der Waals surface area contributed by atoms with Crippen LogP contribution in [-0.2, 0) is 4.94 Å². The van der Waals surface area contributed by atoms with Crippen LogP contribution in [0.2, 0.25) is 0 Å². The summed E-state index contributed by atoms with van der Waals surface area (Å²) < 4.78 is 1.87. The molecule has 0 spiro atoms. The minimum Gasteiger partial charge on any atom is -0.387 e. The summed E-state index contributed by atoms with van der Waals surface area (Å²) in [5.74, 6) is 5.56.